The van der Waals surface area contributed by atoms with E-state index >= 15 is 0 Å². The molecule has 2 saturated carbocycles. The molecule has 56 valence electrons. The molecule has 0 N–H and O–H groups in total. The number of carbonyl (C=O) groups is 1. The molecule has 0 radical (unpaired) electrons. The molecule has 0 aromatic heterocycles. The van der Waals surface area contributed by atoms with Crippen molar-refractivity contribution < 1.29 is 4.79 Å². The van der Waals surface area contributed by atoms with Crippen LogP contribution in [0.3, 0.4) is 0 Å². The van der Waals surface area contributed by atoms with Crippen LogP contribution in [-0.4, -0.2) is 5.78 Å². The van der Waals surface area contributed by atoms with Crippen LogP contribution in [0.25, 0.3) is 0 Å². The van der Waals surface area contributed by atoms with E-state index in [1.807, 2.05) is 0 Å². The summed E-state index contributed by atoms with van der Waals surface area (Å²) < 4.78 is 0. The standard InChI is InChI=1S/C9H14O/c10-8-3-1-4-9(7-8)5-2-6-9/h1-7H2. The van der Waals surface area contributed by atoms with Gasteiger partial charge in [0, 0.05) is 12.8 Å². The van der Waals surface area contributed by atoms with E-state index in [0.717, 1.165) is 12.8 Å². The fourth-order valence-corrected chi connectivity index (χ4v) is 2.36. The molecule has 2 fully saturated rings. The first-order valence-electron chi connectivity index (χ1n) is 4.33. The highest BCUT2D eigenvalue weighted by Gasteiger charge is 2.40. The summed E-state index contributed by atoms with van der Waals surface area (Å²) in [5.74, 6) is 0.519. The Labute approximate surface area is 61.8 Å². The van der Waals surface area contributed by atoms with Gasteiger partial charge in [0.25, 0.3) is 0 Å². The minimum absolute atomic E-state index is 0.519. The van der Waals surface area contributed by atoms with E-state index in [0.29, 0.717) is 11.2 Å². The molecule has 0 unspecified atom stereocenters. The highest BCUT2D eigenvalue weighted by Crippen LogP contribution is 2.50. The predicted molar refractivity (Wildman–Crippen MR) is 39.8 cm³/mol. The van der Waals surface area contributed by atoms with Crippen LogP contribution in [0.5, 0.6) is 0 Å². The average Bonchev–Trinajstić information content (AvgIpc) is 1.85. The molecule has 0 bridgehead atoms. The second-order valence-electron chi connectivity index (χ2n) is 3.92. The van der Waals surface area contributed by atoms with Gasteiger partial charge in [-0.1, -0.05) is 6.42 Å². The van der Waals surface area contributed by atoms with Gasteiger partial charge >= 0.3 is 0 Å². The van der Waals surface area contributed by atoms with Crippen molar-refractivity contribution in [2.75, 3.05) is 0 Å². The van der Waals surface area contributed by atoms with Crippen molar-refractivity contribution in [3.63, 3.8) is 0 Å². The molecule has 1 nitrogen and oxygen atoms in total. The first-order chi connectivity index (χ1) is 4.81. The molecular weight excluding hydrogens is 124 g/mol. The third-order valence-electron chi connectivity index (χ3n) is 3.15. The smallest absolute Gasteiger partial charge is 0.133 e. The summed E-state index contributed by atoms with van der Waals surface area (Å²) in [6, 6.07) is 0. The lowest BCUT2D eigenvalue weighted by molar-refractivity contribution is -0.125. The van der Waals surface area contributed by atoms with E-state index in [2.05, 4.69) is 0 Å². The molecular formula is C9H14O. The molecule has 10 heavy (non-hydrogen) atoms. The van der Waals surface area contributed by atoms with Gasteiger partial charge in [0.05, 0.1) is 0 Å². The van der Waals surface area contributed by atoms with Gasteiger partial charge in [0.2, 0.25) is 0 Å². The Morgan fingerprint density at radius 2 is 1.80 bits per heavy atom. The van der Waals surface area contributed by atoms with Gasteiger partial charge in [-0.3, -0.25) is 4.79 Å². The fourth-order valence-electron chi connectivity index (χ4n) is 2.36. The maximum atomic E-state index is 11.1. The number of Topliss-reactive ketones (excluding diaryl/α,β-unsaturated/α-hetero) is 1. The van der Waals surface area contributed by atoms with E-state index in [1.165, 1.54) is 32.1 Å². The Balaban J connectivity index is 2.02. The zero-order chi connectivity index (χ0) is 7.03. The van der Waals surface area contributed by atoms with Crippen molar-refractivity contribution in [2.45, 2.75) is 44.9 Å². The van der Waals surface area contributed by atoms with Crippen LogP contribution in [0.2, 0.25) is 0 Å². The number of carbonyl (C=O) groups excluding carboxylic acids is 1. The normalized spacial score (nSPS) is 30.2. The molecule has 0 atom stereocenters. The van der Waals surface area contributed by atoms with Crippen LogP contribution < -0.4 is 0 Å². The molecule has 2 aliphatic carbocycles. The second kappa shape index (κ2) is 2.08. The lowest BCUT2D eigenvalue weighted by atomic mass is 9.61. The lowest BCUT2D eigenvalue weighted by Gasteiger charge is -2.44. The zero-order valence-corrected chi connectivity index (χ0v) is 6.36. The maximum Gasteiger partial charge on any atom is 0.133 e. The summed E-state index contributed by atoms with van der Waals surface area (Å²) in [5.41, 5.74) is 0.523. The molecule has 0 aromatic rings. The van der Waals surface area contributed by atoms with Crippen molar-refractivity contribution in [2.24, 2.45) is 5.41 Å². The highest BCUT2D eigenvalue weighted by atomic mass is 16.1. The van der Waals surface area contributed by atoms with Gasteiger partial charge in [0.15, 0.2) is 0 Å². The van der Waals surface area contributed by atoms with Gasteiger partial charge in [0.1, 0.15) is 5.78 Å². The van der Waals surface area contributed by atoms with Crippen LogP contribution >= 0.6 is 0 Å². The number of rotatable bonds is 0. The van der Waals surface area contributed by atoms with E-state index < -0.39 is 0 Å². The monoisotopic (exact) mass is 138 g/mol. The van der Waals surface area contributed by atoms with E-state index in [-0.39, 0.29) is 0 Å². The van der Waals surface area contributed by atoms with Crippen LogP contribution in [0.15, 0.2) is 0 Å². The van der Waals surface area contributed by atoms with Gasteiger partial charge in [-0.2, -0.15) is 0 Å². The Hall–Kier alpha value is -0.330. The summed E-state index contributed by atoms with van der Waals surface area (Å²) in [7, 11) is 0. The SMILES string of the molecule is O=C1CCCC2(CCC2)C1. The minimum atomic E-state index is 0.519. The van der Waals surface area contributed by atoms with E-state index in [9.17, 15) is 4.79 Å². The van der Waals surface area contributed by atoms with Crippen molar-refractivity contribution in [1.82, 2.24) is 0 Å². The molecule has 0 aliphatic heterocycles. The fraction of sp³-hybridized carbons (Fsp3) is 0.889. The van der Waals surface area contributed by atoms with Crippen LogP contribution in [0, 0.1) is 5.41 Å². The predicted octanol–water partition coefficient (Wildman–Crippen LogP) is 2.30. The third kappa shape index (κ3) is 0.882. The van der Waals surface area contributed by atoms with Gasteiger partial charge in [-0.05, 0) is 31.1 Å². The van der Waals surface area contributed by atoms with Crippen molar-refractivity contribution in [3.8, 4) is 0 Å². The maximum absolute atomic E-state index is 11.1. The topological polar surface area (TPSA) is 17.1 Å². The number of hydrogen-bond acceptors (Lipinski definition) is 1. The van der Waals surface area contributed by atoms with E-state index in [1.54, 1.807) is 0 Å². The highest BCUT2D eigenvalue weighted by molar-refractivity contribution is 5.80. The van der Waals surface area contributed by atoms with Crippen LogP contribution in [0.4, 0.5) is 0 Å². The molecule has 0 saturated heterocycles. The summed E-state index contributed by atoms with van der Waals surface area (Å²) >= 11 is 0. The molecule has 0 aromatic carbocycles. The summed E-state index contributed by atoms with van der Waals surface area (Å²) in [6.45, 7) is 0. The molecule has 1 heteroatoms. The Kier molecular flexibility index (Phi) is 1.33. The second-order valence-corrected chi connectivity index (χ2v) is 3.92. The zero-order valence-electron chi connectivity index (χ0n) is 6.36. The Morgan fingerprint density at radius 1 is 1.10 bits per heavy atom. The quantitative estimate of drug-likeness (QED) is 0.502. The van der Waals surface area contributed by atoms with Crippen molar-refractivity contribution in [1.29, 1.82) is 0 Å². The van der Waals surface area contributed by atoms with Crippen LogP contribution in [0.1, 0.15) is 44.9 Å². The Bertz CT molecular complexity index is 156. The Morgan fingerprint density at radius 3 is 2.20 bits per heavy atom. The first kappa shape index (κ1) is 6.38. The number of ketones is 1. The lowest BCUT2D eigenvalue weighted by Crippen LogP contribution is -2.34. The molecule has 2 aliphatic rings. The molecule has 2 rings (SSSR count). The van der Waals surface area contributed by atoms with Crippen molar-refractivity contribution >= 4 is 5.78 Å². The van der Waals surface area contributed by atoms with Gasteiger partial charge in [-0.25, -0.2) is 0 Å². The number of hydrogen-bond donors (Lipinski definition) is 0. The van der Waals surface area contributed by atoms with Gasteiger partial charge < -0.3 is 0 Å². The molecule has 0 amide bonds. The average molecular weight is 138 g/mol. The molecule has 1 spiro atoms. The van der Waals surface area contributed by atoms with E-state index in [4.69, 9.17) is 0 Å². The minimum Gasteiger partial charge on any atom is -0.300 e. The first-order valence-corrected chi connectivity index (χ1v) is 4.33. The van der Waals surface area contributed by atoms with Crippen molar-refractivity contribution in [3.05, 3.63) is 0 Å². The summed E-state index contributed by atoms with van der Waals surface area (Å²) in [6.07, 6.45) is 8.30. The van der Waals surface area contributed by atoms with Crippen LogP contribution in [-0.2, 0) is 4.79 Å². The largest absolute Gasteiger partial charge is 0.300 e. The summed E-state index contributed by atoms with van der Waals surface area (Å²) in [5, 5.41) is 0. The summed E-state index contributed by atoms with van der Waals surface area (Å²) in [4.78, 5) is 11.1. The third-order valence-corrected chi connectivity index (χ3v) is 3.15. The molecule has 0 heterocycles. The van der Waals surface area contributed by atoms with Gasteiger partial charge in [-0.15, -0.1) is 0 Å².